The minimum Gasteiger partial charge on any atom is -0.296 e. The highest BCUT2D eigenvalue weighted by Gasteiger charge is 2.95. The maximum absolute atomic E-state index is 14.0. The number of halogens is 19. The molecular formula is C18H5F19N2OS. The molecule has 0 fully saturated rings. The van der Waals surface area contributed by atoms with Crippen molar-refractivity contribution in [1.29, 1.82) is 0 Å². The molecule has 1 aromatic carbocycles. The Labute approximate surface area is 215 Å². The zero-order chi connectivity index (χ0) is 32.4. The van der Waals surface area contributed by atoms with E-state index < -0.39 is 81.6 Å². The van der Waals surface area contributed by atoms with E-state index in [9.17, 15) is 88.2 Å². The van der Waals surface area contributed by atoms with Crippen LogP contribution in [-0.4, -0.2) is 58.5 Å². The van der Waals surface area contributed by atoms with E-state index in [-0.39, 0.29) is 17.4 Å². The smallest absolute Gasteiger partial charge is 0.296 e. The standard InChI is InChI=1S/C18H5F19N2OS/c19-5-1-2-6(7(20)3-5)8-4-41-10(38-8)39-9(40)11(21,22)12(23,24)13(25,26)14(27,28)15(29,30)16(31,32)17(33,34)18(35,36)37/h1-4H,(H,38,39,40). The molecule has 2 rings (SSSR count). The Morgan fingerprint density at radius 1 is 0.659 bits per heavy atom. The lowest BCUT2D eigenvalue weighted by Crippen LogP contribution is -2.75. The van der Waals surface area contributed by atoms with Gasteiger partial charge in [0.2, 0.25) is 0 Å². The molecule has 232 valence electrons. The van der Waals surface area contributed by atoms with Crippen LogP contribution in [0, 0.1) is 11.6 Å². The van der Waals surface area contributed by atoms with Crippen LogP contribution in [0.4, 0.5) is 88.5 Å². The first-order valence-electron chi connectivity index (χ1n) is 9.46. The first-order chi connectivity index (χ1) is 18.0. The first kappa shape index (κ1) is 34.2. The molecule has 0 bridgehead atoms. The molecule has 0 radical (unpaired) electrons. The second kappa shape index (κ2) is 9.78. The van der Waals surface area contributed by atoms with E-state index in [1.807, 2.05) is 0 Å². The van der Waals surface area contributed by atoms with Gasteiger partial charge in [0.1, 0.15) is 11.6 Å². The van der Waals surface area contributed by atoms with Gasteiger partial charge >= 0.3 is 53.5 Å². The average molecular weight is 658 g/mol. The van der Waals surface area contributed by atoms with Crippen molar-refractivity contribution in [3.05, 3.63) is 35.2 Å². The van der Waals surface area contributed by atoms with Crippen LogP contribution in [0.5, 0.6) is 0 Å². The summed E-state index contributed by atoms with van der Waals surface area (Å²) < 4.78 is 253. The molecule has 0 aliphatic carbocycles. The summed E-state index contributed by atoms with van der Waals surface area (Å²) >= 11 is -0.0884. The van der Waals surface area contributed by atoms with Crippen LogP contribution in [0.1, 0.15) is 0 Å². The van der Waals surface area contributed by atoms with Crippen molar-refractivity contribution in [3.63, 3.8) is 0 Å². The lowest BCUT2D eigenvalue weighted by atomic mass is 9.89. The number of nitrogens with zero attached hydrogens (tertiary/aromatic N) is 1. The molecule has 1 amide bonds. The third kappa shape index (κ3) is 4.91. The Morgan fingerprint density at radius 2 is 1.10 bits per heavy atom. The van der Waals surface area contributed by atoms with Gasteiger partial charge in [-0.15, -0.1) is 11.3 Å². The Kier molecular flexibility index (Phi) is 8.16. The fourth-order valence-electron chi connectivity index (χ4n) is 2.63. The second-order valence-electron chi connectivity index (χ2n) is 7.63. The Hall–Kier alpha value is -3.01. The van der Waals surface area contributed by atoms with Crippen molar-refractivity contribution in [2.75, 3.05) is 5.32 Å². The number of thiazole rings is 1. The van der Waals surface area contributed by atoms with Crippen molar-refractivity contribution in [2.24, 2.45) is 0 Å². The number of hydrogen-bond acceptors (Lipinski definition) is 3. The van der Waals surface area contributed by atoms with E-state index in [0.717, 1.165) is 0 Å². The lowest BCUT2D eigenvalue weighted by molar-refractivity contribution is -0.459. The molecule has 0 saturated heterocycles. The van der Waals surface area contributed by atoms with E-state index in [0.29, 0.717) is 22.8 Å². The zero-order valence-corrected chi connectivity index (χ0v) is 19.1. The van der Waals surface area contributed by atoms with Crippen LogP contribution in [-0.2, 0) is 4.79 Å². The molecule has 1 heterocycles. The van der Waals surface area contributed by atoms with Crippen LogP contribution >= 0.6 is 11.3 Å². The van der Waals surface area contributed by atoms with Crippen LogP contribution in [0.25, 0.3) is 11.3 Å². The van der Waals surface area contributed by atoms with Crippen LogP contribution in [0.15, 0.2) is 23.6 Å². The molecule has 3 nitrogen and oxygen atoms in total. The molecule has 0 aliphatic heterocycles. The SMILES string of the molecule is O=C(Nc1nc(-c2ccc(F)cc2F)cs1)C(F)(F)C(F)(F)C(F)(F)C(F)(F)C(F)(F)C(F)(F)C(F)(F)C(F)(F)F. The maximum Gasteiger partial charge on any atom is 0.460 e. The zero-order valence-electron chi connectivity index (χ0n) is 18.3. The van der Waals surface area contributed by atoms with E-state index in [2.05, 4.69) is 4.98 Å². The Balaban J connectivity index is 2.47. The van der Waals surface area contributed by atoms with Gasteiger partial charge in [-0.3, -0.25) is 10.1 Å². The van der Waals surface area contributed by atoms with Gasteiger partial charge in [-0.05, 0) is 12.1 Å². The van der Waals surface area contributed by atoms with Gasteiger partial charge in [-0.2, -0.15) is 74.6 Å². The summed E-state index contributed by atoms with van der Waals surface area (Å²) in [5.74, 6) is -65.2. The highest BCUT2D eigenvalue weighted by Crippen LogP contribution is 2.64. The number of amides is 1. The molecule has 23 heteroatoms. The number of nitrogens with one attached hydrogen (secondary N) is 1. The molecule has 2 aromatic rings. The summed E-state index contributed by atoms with van der Waals surface area (Å²) in [5.41, 5.74) is -1.33. The topological polar surface area (TPSA) is 42.0 Å². The van der Waals surface area contributed by atoms with Crippen molar-refractivity contribution >= 4 is 22.4 Å². The second-order valence-corrected chi connectivity index (χ2v) is 8.49. The number of benzene rings is 1. The van der Waals surface area contributed by atoms with E-state index in [4.69, 9.17) is 0 Å². The monoisotopic (exact) mass is 658 g/mol. The number of anilines is 1. The molecule has 0 saturated carbocycles. The Bertz CT molecular complexity index is 1300. The largest absolute Gasteiger partial charge is 0.460 e. The van der Waals surface area contributed by atoms with Crippen LogP contribution < -0.4 is 5.32 Å². The van der Waals surface area contributed by atoms with E-state index in [1.54, 1.807) is 0 Å². The van der Waals surface area contributed by atoms with Gasteiger partial charge in [0.05, 0.1) is 5.69 Å². The van der Waals surface area contributed by atoms with Crippen molar-refractivity contribution in [1.82, 2.24) is 4.98 Å². The predicted molar refractivity (Wildman–Crippen MR) is 96.8 cm³/mol. The van der Waals surface area contributed by atoms with Crippen LogP contribution in [0.2, 0.25) is 0 Å². The normalized spacial score (nSPS) is 14.8. The predicted octanol–water partition coefficient (Wildman–Crippen LogP) is 8.04. The number of rotatable bonds is 9. The summed E-state index contributed by atoms with van der Waals surface area (Å²) in [6.45, 7) is 0. The molecule has 0 spiro atoms. The third-order valence-corrected chi connectivity index (χ3v) is 5.70. The number of carbonyl (C=O) groups is 1. The molecule has 41 heavy (non-hydrogen) atoms. The number of hydrogen-bond donors (Lipinski definition) is 1. The summed E-state index contributed by atoms with van der Waals surface area (Å²) in [7, 11) is 0. The molecular weight excluding hydrogens is 653 g/mol. The first-order valence-corrected chi connectivity index (χ1v) is 10.3. The summed E-state index contributed by atoms with van der Waals surface area (Å²) in [6, 6.07) is 1.51. The number of aromatic nitrogens is 1. The lowest BCUT2D eigenvalue weighted by Gasteiger charge is -2.42. The van der Waals surface area contributed by atoms with E-state index >= 15 is 0 Å². The maximum atomic E-state index is 14.0. The van der Waals surface area contributed by atoms with Crippen molar-refractivity contribution < 1.29 is 88.2 Å². The fourth-order valence-corrected chi connectivity index (χ4v) is 3.34. The molecule has 0 aliphatic rings. The van der Waals surface area contributed by atoms with Crippen molar-refractivity contribution in [2.45, 2.75) is 47.6 Å². The fraction of sp³-hybridized carbons (Fsp3) is 0.444. The highest BCUT2D eigenvalue weighted by atomic mass is 32.1. The molecule has 1 aromatic heterocycles. The van der Waals surface area contributed by atoms with Gasteiger partial charge in [0.15, 0.2) is 5.13 Å². The number of carbonyl (C=O) groups excluding carboxylic acids is 1. The molecule has 1 N–H and O–H groups in total. The summed E-state index contributed by atoms with van der Waals surface area (Å²) in [5, 5.41) is -0.108. The quantitative estimate of drug-likeness (QED) is 0.278. The minimum absolute atomic E-state index is 0.0884. The van der Waals surface area contributed by atoms with Crippen LogP contribution in [0.3, 0.4) is 0 Å². The average Bonchev–Trinajstić information content (AvgIpc) is 3.25. The van der Waals surface area contributed by atoms with Gasteiger partial charge in [-0.25, -0.2) is 13.8 Å². The third-order valence-electron chi connectivity index (χ3n) is 4.94. The summed E-state index contributed by atoms with van der Waals surface area (Å²) in [4.78, 5) is 14.7. The molecule has 0 atom stereocenters. The van der Waals surface area contributed by atoms with Crippen molar-refractivity contribution in [3.8, 4) is 11.3 Å². The van der Waals surface area contributed by atoms with Gasteiger partial charge < -0.3 is 0 Å². The molecule has 0 unspecified atom stereocenters. The Morgan fingerprint density at radius 3 is 1.54 bits per heavy atom. The minimum atomic E-state index is -8.83. The van der Waals surface area contributed by atoms with Gasteiger partial charge in [-0.1, -0.05) is 0 Å². The number of alkyl halides is 17. The van der Waals surface area contributed by atoms with Gasteiger partial charge in [0.25, 0.3) is 0 Å². The summed E-state index contributed by atoms with van der Waals surface area (Å²) in [6.07, 6.45) is -7.89. The van der Waals surface area contributed by atoms with Gasteiger partial charge in [0, 0.05) is 17.0 Å². The highest BCUT2D eigenvalue weighted by molar-refractivity contribution is 7.14. The van der Waals surface area contributed by atoms with E-state index in [1.165, 1.54) is 0 Å².